The summed E-state index contributed by atoms with van der Waals surface area (Å²) in [7, 11) is 0. The molecule has 3 rings (SSSR count). The molecule has 0 bridgehead atoms. The molecule has 2 nitrogen and oxygen atoms in total. The van der Waals surface area contributed by atoms with Crippen molar-refractivity contribution in [3.63, 3.8) is 0 Å². The number of ether oxygens (including phenoxy) is 1. The summed E-state index contributed by atoms with van der Waals surface area (Å²) in [4.78, 5) is 0. The quantitative estimate of drug-likeness (QED) is 0.899. The molecule has 1 aliphatic heterocycles. The van der Waals surface area contributed by atoms with Gasteiger partial charge in [-0.05, 0) is 68.3 Å². The number of aryl methyl sites for hydroxylation is 1. The van der Waals surface area contributed by atoms with Crippen LogP contribution < -0.4 is 5.32 Å². The Morgan fingerprint density at radius 3 is 3.05 bits per heavy atom. The molecule has 3 heteroatoms. The second kappa shape index (κ2) is 6.02. The van der Waals surface area contributed by atoms with Gasteiger partial charge < -0.3 is 10.1 Å². The first-order valence-corrected chi connectivity index (χ1v) is 7.46. The fourth-order valence-electron chi connectivity index (χ4n) is 3.25. The largest absolute Gasteiger partial charge is 0.378 e. The van der Waals surface area contributed by atoms with Gasteiger partial charge in [-0.15, -0.1) is 0 Å². The molecule has 1 fully saturated rings. The molecule has 2 unspecified atom stereocenters. The van der Waals surface area contributed by atoms with E-state index in [0.29, 0.717) is 12.1 Å². The third-order valence-corrected chi connectivity index (χ3v) is 4.31. The zero-order valence-electron chi connectivity index (χ0n) is 11.3. The van der Waals surface area contributed by atoms with Gasteiger partial charge in [-0.2, -0.15) is 0 Å². The minimum Gasteiger partial charge on any atom is -0.378 e. The van der Waals surface area contributed by atoms with E-state index >= 15 is 0 Å². The maximum atomic E-state index is 13.1. The summed E-state index contributed by atoms with van der Waals surface area (Å²) < 4.78 is 18.9. The Labute approximate surface area is 114 Å². The third-order valence-electron chi connectivity index (χ3n) is 4.31. The fraction of sp³-hybridized carbons (Fsp3) is 0.625. The highest BCUT2D eigenvalue weighted by atomic mass is 19.1. The van der Waals surface area contributed by atoms with Crippen LogP contribution in [-0.4, -0.2) is 19.3 Å². The molecule has 104 valence electrons. The average Bonchev–Trinajstić information content (AvgIpc) is 2.82. The Balaban J connectivity index is 1.49. The number of hydrogen-bond acceptors (Lipinski definition) is 2. The minimum atomic E-state index is -0.116. The first kappa shape index (κ1) is 13.1. The van der Waals surface area contributed by atoms with Crippen LogP contribution in [0.3, 0.4) is 0 Å². The van der Waals surface area contributed by atoms with E-state index in [1.165, 1.54) is 30.4 Å². The topological polar surface area (TPSA) is 21.3 Å². The van der Waals surface area contributed by atoms with Crippen molar-refractivity contribution < 1.29 is 9.13 Å². The van der Waals surface area contributed by atoms with Crippen LogP contribution in [0.5, 0.6) is 0 Å². The van der Waals surface area contributed by atoms with Gasteiger partial charge in [0.2, 0.25) is 0 Å². The molecule has 0 amide bonds. The van der Waals surface area contributed by atoms with Crippen molar-refractivity contribution in [2.75, 3.05) is 13.2 Å². The maximum absolute atomic E-state index is 13.1. The SMILES string of the molecule is Fc1ccc2c(c1)CCC2NCCC1CCCCO1. The first-order chi connectivity index (χ1) is 9.33. The molecule has 1 saturated heterocycles. The predicted octanol–water partition coefficient (Wildman–Crippen LogP) is 3.36. The number of halogens is 1. The van der Waals surface area contributed by atoms with Gasteiger partial charge in [0, 0.05) is 12.6 Å². The molecule has 1 aromatic rings. The maximum Gasteiger partial charge on any atom is 0.123 e. The van der Waals surface area contributed by atoms with Gasteiger partial charge in [0.25, 0.3) is 0 Å². The van der Waals surface area contributed by atoms with Crippen molar-refractivity contribution in [2.45, 2.75) is 50.7 Å². The normalized spacial score (nSPS) is 26.4. The fourth-order valence-corrected chi connectivity index (χ4v) is 3.25. The Morgan fingerprint density at radius 2 is 2.21 bits per heavy atom. The molecule has 19 heavy (non-hydrogen) atoms. The Kier molecular flexibility index (Phi) is 4.14. The van der Waals surface area contributed by atoms with E-state index in [9.17, 15) is 4.39 Å². The van der Waals surface area contributed by atoms with Gasteiger partial charge in [-0.3, -0.25) is 0 Å². The molecular weight excluding hydrogens is 241 g/mol. The van der Waals surface area contributed by atoms with Crippen molar-refractivity contribution in [1.29, 1.82) is 0 Å². The molecule has 1 aromatic carbocycles. The molecule has 2 atom stereocenters. The molecule has 0 radical (unpaired) electrons. The lowest BCUT2D eigenvalue weighted by Crippen LogP contribution is -2.27. The van der Waals surface area contributed by atoms with Gasteiger partial charge in [-0.1, -0.05) is 6.07 Å². The van der Waals surface area contributed by atoms with Gasteiger partial charge in [0.15, 0.2) is 0 Å². The molecule has 1 heterocycles. The summed E-state index contributed by atoms with van der Waals surface area (Å²) in [5, 5.41) is 3.60. The van der Waals surface area contributed by atoms with Crippen LogP contribution >= 0.6 is 0 Å². The van der Waals surface area contributed by atoms with E-state index in [1.807, 2.05) is 6.07 Å². The number of hydrogen-bond donors (Lipinski definition) is 1. The lowest BCUT2D eigenvalue weighted by atomic mass is 10.1. The minimum absolute atomic E-state index is 0.116. The zero-order chi connectivity index (χ0) is 13.1. The van der Waals surface area contributed by atoms with Crippen LogP contribution in [-0.2, 0) is 11.2 Å². The number of fused-ring (bicyclic) bond motifs is 1. The Hall–Kier alpha value is -0.930. The Bertz CT molecular complexity index is 429. The van der Waals surface area contributed by atoms with Crippen LogP contribution in [0, 0.1) is 5.82 Å². The van der Waals surface area contributed by atoms with E-state index in [0.717, 1.165) is 32.4 Å². The number of benzene rings is 1. The standard InChI is InChI=1S/C16H22FNO/c17-13-5-6-15-12(11-13)4-7-16(15)18-9-8-14-3-1-2-10-19-14/h5-6,11,14,16,18H,1-4,7-10H2. The van der Waals surface area contributed by atoms with Crippen LogP contribution in [0.1, 0.15) is 49.3 Å². The van der Waals surface area contributed by atoms with Gasteiger partial charge in [0.1, 0.15) is 5.82 Å². The highest BCUT2D eigenvalue weighted by Crippen LogP contribution is 2.31. The smallest absolute Gasteiger partial charge is 0.123 e. The lowest BCUT2D eigenvalue weighted by Gasteiger charge is -2.23. The van der Waals surface area contributed by atoms with Crippen molar-refractivity contribution in [3.05, 3.63) is 35.1 Å². The van der Waals surface area contributed by atoms with E-state index in [2.05, 4.69) is 5.32 Å². The van der Waals surface area contributed by atoms with Crippen LogP contribution in [0.2, 0.25) is 0 Å². The van der Waals surface area contributed by atoms with E-state index in [1.54, 1.807) is 12.1 Å². The van der Waals surface area contributed by atoms with Crippen molar-refractivity contribution >= 4 is 0 Å². The number of rotatable bonds is 4. The molecule has 1 aliphatic carbocycles. The number of nitrogens with one attached hydrogen (secondary N) is 1. The highest BCUT2D eigenvalue weighted by Gasteiger charge is 2.22. The first-order valence-electron chi connectivity index (χ1n) is 7.46. The summed E-state index contributed by atoms with van der Waals surface area (Å²) in [5.74, 6) is -0.116. The van der Waals surface area contributed by atoms with Gasteiger partial charge in [-0.25, -0.2) is 4.39 Å². The van der Waals surface area contributed by atoms with E-state index < -0.39 is 0 Å². The second-order valence-corrected chi connectivity index (χ2v) is 5.67. The summed E-state index contributed by atoms with van der Waals surface area (Å²) >= 11 is 0. The van der Waals surface area contributed by atoms with Crippen molar-refractivity contribution in [2.24, 2.45) is 0 Å². The summed E-state index contributed by atoms with van der Waals surface area (Å²) in [6, 6.07) is 5.59. The molecular formula is C16H22FNO. The Morgan fingerprint density at radius 1 is 1.26 bits per heavy atom. The predicted molar refractivity (Wildman–Crippen MR) is 73.7 cm³/mol. The van der Waals surface area contributed by atoms with Crippen molar-refractivity contribution in [1.82, 2.24) is 5.32 Å². The van der Waals surface area contributed by atoms with Crippen LogP contribution in [0.25, 0.3) is 0 Å². The summed E-state index contributed by atoms with van der Waals surface area (Å²) in [6.45, 7) is 1.92. The van der Waals surface area contributed by atoms with Gasteiger partial charge >= 0.3 is 0 Å². The molecule has 1 N–H and O–H groups in total. The van der Waals surface area contributed by atoms with E-state index in [4.69, 9.17) is 4.74 Å². The van der Waals surface area contributed by atoms with E-state index in [-0.39, 0.29) is 5.82 Å². The average molecular weight is 263 g/mol. The monoisotopic (exact) mass is 263 g/mol. The lowest BCUT2D eigenvalue weighted by molar-refractivity contribution is 0.0112. The molecule has 0 aromatic heterocycles. The van der Waals surface area contributed by atoms with Crippen LogP contribution in [0.4, 0.5) is 4.39 Å². The molecule has 2 aliphatic rings. The highest BCUT2D eigenvalue weighted by molar-refractivity contribution is 5.34. The summed E-state index contributed by atoms with van der Waals surface area (Å²) in [6.07, 6.45) is 7.33. The third kappa shape index (κ3) is 3.15. The van der Waals surface area contributed by atoms with Gasteiger partial charge in [0.05, 0.1) is 6.10 Å². The summed E-state index contributed by atoms with van der Waals surface area (Å²) in [5.41, 5.74) is 2.46. The zero-order valence-corrected chi connectivity index (χ0v) is 11.3. The van der Waals surface area contributed by atoms with Crippen molar-refractivity contribution in [3.8, 4) is 0 Å². The molecule has 0 saturated carbocycles. The van der Waals surface area contributed by atoms with Crippen LogP contribution in [0.15, 0.2) is 18.2 Å². The second-order valence-electron chi connectivity index (χ2n) is 5.67. The molecule has 0 spiro atoms.